The van der Waals surface area contributed by atoms with Gasteiger partial charge in [0.2, 0.25) is 0 Å². The summed E-state index contributed by atoms with van der Waals surface area (Å²) in [5, 5.41) is 24.9. The zero-order valence-electron chi connectivity index (χ0n) is 26.4. The molecule has 1 aliphatic rings. The van der Waals surface area contributed by atoms with Crippen molar-refractivity contribution in [1.82, 2.24) is 45.6 Å². The molecule has 0 saturated heterocycles. The van der Waals surface area contributed by atoms with E-state index in [1.165, 1.54) is 0 Å². The van der Waals surface area contributed by atoms with Crippen molar-refractivity contribution >= 4 is 59.7 Å². The summed E-state index contributed by atoms with van der Waals surface area (Å²) in [5.74, 6) is 1.91. The van der Waals surface area contributed by atoms with Gasteiger partial charge < -0.3 is 19.7 Å². The molecule has 0 atom stereocenters. The lowest BCUT2D eigenvalue weighted by atomic mass is 10.0. The Hall–Kier alpha value is -6.92. The average Bonchev–Trinajstić information content (AvgIpc) is 3.98. The fourth-order valence-corrected chi connectivity index (χ4v) is 6.01. The van der Waals surface area contributed by atoms with Crippen LogP contribution in [0.1, 0.15) is 33.5 Å². The third kappa shape index (κ3) is 7.00. The van der Waals surface area contributed by atoms with Crippen molar-refractivity contribution in [3.63, 3.8) is 0 Å². The SMILES string of the molecule is C(=C1N=C(C=c2nnc(=Cc3cc[nH]n3)c(=Cc3ncc[nH]3)c2=Cc2ccccn2)NC(=Cc2ccco2)C1=Cc1cccs1)c1ccc[nH]1. The van der Waals surface area contributed by atoms with E-state index in [4.69, 9.17) is 14.5 Å². The van der Waals surface area contributed by atoms with Gasteiger partial charge in [-0.05, 0) is 84.3 Å². The van der Waals surface area contributed by atoms with Crippen molar-refractivity contribution in [3.05, 3.63) is 175 Å². The zero-order valence-corrected chi connectivity index (χ0v) is 27.2. The first-order chi connectivity index (χ1) is 24.7. The first-order valence-corrected chi connectivity index (χ1v) is 16.5. The number of hydrogen-bond donors (Lipinski definition) is 4. The minimum atomic E-state index is 0.557. The lowest BCUT2D eigenvalue weighted by Gasteiger charge is -2.21. The molecule has 0 saturated carbocycles. The van der Waals surface area contributed by atoms with E-state index in [2.05, 4.69) is 58.1 Å². The van der Waals surface area contributed by atoms with E-state index in [-0.39, 0.29) is 0 Å². The van der Waals surface area contributed by atoms with Crippen LogP contribution >= 0.6 is 11.3 Å². The summed E-state index contributed by atoms with van der Waals surface area (Å²) in [6.07, 6.45) is 24.3. The van der Waals surface area contributed by atoms with Gasteiger partial charge in [0.25, 0.3) is 0 Å². The summed E-state index contributed by atoms with van der Waals surface area (Å²) in [4.78, 5) is 21.8. The Labute approximate surface area is 288 Å². The Morgan fingerprint density at radius 3 is 2.36 bits per heavy atom. The highest BCUT2D eigenvalue weighted by Gasteiger charge is 2.20. The van der Waals surface area contributed by atoms with Crippen molar-refractivity contribution < 1.29 is 4.42 Å². The summed E-state index contributed by atoms with van der Waals surface area (Å²) in [5.41, 5.74) is 4.83. The number of imidazole rings is 1. The molecule has 50 heavy (non-hydrogen) atoms. The van der Waals surface area contributed by atoms with Crippen LogP contribution < -0.4 is 26.5 Å². The van der Waals surface area contributed by atoms with Crippen LogP contribution in [0.4, 0.5) is 0 Å². The smallest absolute Gasteiger partial charge is 0.133 e. The number of H-pyrrole nitrogens is 3. The second kappa shape index (κ2) is 14.1. The Morgan fingerprint density at radius 1 is 0.680 bits per heavy atom. The Kier molecular flexibility index (Phi) is 8.55. The fourth-order valence-electron chi connectivity index (χ4n) is 5.35. The summed E-state index contributed by atoms with van der Waals surface area (Å²) < 4.78 is 5.75. The summed E-state index contributed by atoms with van der Waals surface area (Å²) >= 11 is 1.65. The number of furan rings is 1. The maximum Gasteiger partial charge on any atom is 0.133 e. The molecule has 1 aliphatic heterocycles. The van der Waals surface area contributed by atoms with Crippen molar-refractivity contribution in [1.29, 1.82) is 0 Å². The van der Waals surface area contributed by atoms with Crippen molar-refractivity contribution in [2.75, 3.05) is 0 Å². The van der Waals surface area contributed by atoms with Crippen LogP contribution in [0.2, 0.25) is 0 Å². The number of rotatable bonds is 7. The van der Waals surface area contributed by atoms with Crippen LogP contribution in [-0.2, 0) is 0 Å². The highest BCUT2D eigenvalue weighted by Crippen LogP contribution is 2.30. The molecule has 0 bridgehead atoms. The second-order valence-electron chi connectivity index (χ2n) is 11.0. The van der Waals surface area contributed by atoms with E-state index < -0.39 is 0 Å². The van der Waals surface area contributed by atoms with Crippen molar-refractivity contribution in [2.24, 2.45) is 4.99 Å². The van der Waals surface area contributed by atoms with Crippen molar-refractivity contribution in [2.45, 2.75) is 0 Å². The van der Waals surface area contributed by atoms with E-state index >= 15 is 0 Å². The van der Waals surface area contributed by atoms with Crippen LogP contribution in [-0.4, -0.2) is 46.2 Å². The van der Waals surface area contributed by atoms with Crippen LogP contribution in [0.3, 0.4) is 0 Å². The van der Waals surface area contributed by atoms with E-state index in [1.807, 2.05) is 97.3 Å². The highest BCUT2D eigenvalue weighted by atomic mass is 32.1. The van der Waals surface area contributed by atoms with E-state index in [0.717, 1.165) is 43.7 Å². The second-order valence-corrected chi connectivity index (χ2v) is 12.0. The number of aromatic nitrogens is 8. The molecule has 11 nitrogen and oxygen atoms in total. The molecule has 0 aliphatic carbocycles. The normalized spacial score (nSPS) is 17.3. The standard InChI is InChI=1S/C38H28N10OS/c1-2-11-39-25(6-1)18-30-31(23-37-41-14-15-42-37)35(20-27-10-13-43-46-27)47-48-36(30)24-38-44-33(19-26-7-3-12-40-26)32(22-29-9-5-17-50-29)34(45-38)21-28-8-4-16-49-28/h1-24,40H,(H,41,42)(H,43,46)(H,44,45). The molecule has 8 rings (SSSR count). The Morgan fingerprint density at radius 2 is 1.62 bits per heavy atom. The largest absolute Gasteiger partial charge is 0.465 e. The van der Waals surface area contributed by atoms with Gasteiger partial charge in [0.05, 0.1) is 39.7 Å². The maximum absolute atomic E-state index is 5.75. The zero-order chi connectivity index (χ0) is 33.5. The number of aromatic amines is 3. The van der Waals surface area contributed by atoms with Gasteiger partial charge in [0.1, 0.15) is 17.4 Å². The van der Waals surface area contributed by atoms with Gasteiger partial charge in [-0.1, -0.05) is 12.1 Å². The molecule has 0 fully saturated rings. The molecule has 0 aromatic carbocycles. The first-order valence-electron chi connectivity index (χ1n) is 15.7. The van der Waals surface area contributed by atoms with Gasteiger partial charge >= 0.3 is 0 Å². The number of nitrogens with zero attached hydrogens (tertiary/aromatic N) is 6. The molecule has 4 N–H and O–H groups in total. The topological polar surface area (TPSA) is 149 Å². The molecule has 12 heteroatoms. The molecule has 0 amide bonds. The molecule has 0 spiro atoms. The number of amidine groups is 1. The number of hydrogen-bond acceptors (Lipinski definition) is 9. The highest BCUT2D eigenvalue weighted by molar-refractivity contribution is 7.10. The predicted octanol–water partition coefficient (Wildman–Crippen LogP) is 3.73. The van der Waals surface area contributed by atoms with Crippen LogP contribution in [0.5, 0.6) is 0 Å². The monoisotopic (exact) mass is 672 g/mol. The number of nitrogens with one attached hydrogen (secondary N) is 4. The molecular weight excluding hydrogens is 645 g/mol. The van der Waals surface area contributed by atoms with E-state index in [1.54, 1.807) is 42.4 Å². The minimum absolute atomic E-state index is 0.557. The van der Waals surface area contributed by atoms with Gasteiger partial charge in [0, 0.05) is 69.7 Å². The Bertz CT molecular complexity index is 2580. The van der Waals surface area contributed by atoms with Gasteiger partial charge in [-0.15, -0.1) is 21.5 Å². The maximum atomic E-state index is 5.75. The van der Waals surface area contributed by atoms with Crippen LogP contribution in [0.25, 0.3) is 42.5 Å². The molecule has 7 aromatic heterocycles. The average molecular weight is 673 g/mol. The Balaban J connectivity index is 1.40. The fraction of sp³-hybridized carbons (Fsp3) is 0. The quantitative estimate of drug-likeness (QED) is 0.202. The van der Waals surface area contributed by atoms with Crippen LogP contribution in [0.15, 0.2) is 130 Å². The molecule has 7 aromatic rings. The van der Waals surface area contributed by atoms with E-state index in [9.17, 15) is 0 Å². The third-order valence-corrected chi connectivity index (χ3v) is 8.43. The van der Waals surface area contributed by atoms with Crippen molar-refractivity contribution in [3.8, 4) is 0 Å². The predicted molar refractivity (Wildman–Crippen MR) is 195 cm³/mol. The lowest BCUT2D eigenvalue weighted by Crippen LogP contribution is -2.52. The summed E-state index contributed by atoms with van der Waals surface area (Å²) in [6.45, 7) is 0. The first kappa shape index (κ1) is 30.4. The van der Waals surface area contributed by atoms with Gasteiger partial charge in [0.15, 0.2) is 0 Å². The number of pyridine rings is 1. The summed E-state index contributed by atoms with van der Waals surface area (Å²) in [6, 6.07) is 19.5. The summed E-state index contributed by atoms with van der Waals surface area (Å²) in [7, 11) is 0. The van der Waals surface area contributed by atoms with Gasteiger partial charge in [-0.2, -0.15) is 5.10 Å². The molecule has 8 heterocycles. The number of thiophene rings is 1. The molecular formula is C38H28N10OS. The number of aliphatic imine (C=N–C) groups is 1. The van der Waals surface area contributed by atoms with Gasteiger partial charge in [-0.3, -0.25) is 10.1 Å². The minimum Gasteiger partial charge on any atom is -0.465 e. The molecule has 242 valence electrons. The third-order valence-electron chi connectivity index (χ3n) is 7.61. The lowest BCUT2D eigenvalue weighted by molar-refractivity contribution is 0.556. The van der Waals surface area contributed by atoms with Crippen LogP contribution in [0, 0.1) is 0 Å². The van der Waals surface area contributed by atoms with Gasteiger partial charge in [-0.25, -0.2) is 9.98 Å². The molecule has 0 unspecified atom stereocenters. The van der Waals surface area contributed by atoms with E-state index in [0.29, 0.717) is 33.8 Å². The molecule has 0 radical (unpaired) electrons.